The molecule has 5 nitrogen and oxygen atoms in total. The normalized spacial score (nSPS) is 12.4. The molecule has 0 spiro atoms. The van der Waals surface area contributed by atoms with Crippen LogP contribution in [0.3, 0.4) is 0 Å². The van der Waals surface area contributed by atoms with E-state index in [0.29, 0.717) is 11.4 Å². The van der Waals surface area contributed by atoms with Crippen molar-refractivity contribution in [2.24, 2.45) is 7.05 Å². The molecule has 0 amide bonds. The maximum Gasteiger partial charge on any atom is 0.243 e. The minimum absolute atomic E-state index is 0.268. The molecule has 0 radical (unpaired) electrons. The number of hydrogen-bond donors (Lipinski definition) is 0. The first-order valence-electron chi connectivity index (χ1n) is 8.70. The molecule has 1 aromatic heterocycles. The first kappa shape index (κ1) is 18.6. The Morgan fingerprint density at radius 1 is 1.12 bits per heavy atom. The van der Waals surface area contributed by atoms with Crippen molar-refractivity contribution in [3.8, 4) is 0 Å². The van der Waals surface area contributed by atoms with Crippen LogP contribution in [0.5, 0.6) is 0 Å². The number of hydrogen-bond acceptors (Lipinski definition) is 3. The zero-order valence-electron chi connectivity index (χ0n) is 15.9. The van der Waals surface area contributed by atoms with E-state index in [0.717, 1.165) is 27.7 Å². The van der Waals surface area contributed by atoms with Gasteiger partial charge in [0.1, 0.15) is 0 Å². The molecule has 26 heavy (non-hydrogen) atoms. The lowest BCUT2D eigenvalue weighted by Crippen LogP contribution is -2.27. The molecule has 6 heteroatoms. The summed E-state index contributed by atoms with van der Waals surface area (Å²) >= 11 is 0. The van der Waals surface area contributed by atoms with Gasteiger partial charge in [0.25, 0.3) is 0 Å². The Morgan fingerprint density at radius 3 is 2.46 bits per heavy atom. The first-order chi connectivity index (χ1) is 12.2. The molecule has 0 aliphatic rings. The quantitative estimate of drug-likeness (QED) is 0.685. The van der Waals surface area contributed by atoms with Crippen molar-refractivity contribution >= 4 is 20.8 Å². The number of rotatable bonds is 5. The lowest BCUT2D eigenvalue weighted by molar-refractivity contribution is 0.464. The van der Waals surface area contributed by atoms with Gasteiger partial charge in [0.15, 0.2) is 0 Å². The Morgan fingerprint density at radius 2 is 1.77 bits per heavy atom. The van der Waals surface area contributed by atoms with Crippen molar-refractivity contribution in [2.45, 2.75) is 38.1 Å². The average Bonchev–Trinajstić information content (AvgIpc) is 2.87. The summed E-state index contributed by atoms with van der Waals surface area (Å²) in [7, 11) is -0.0771. The third kappa shape index (κ3) is 3.15. The molecule has 3 aromatic rings. The van der Waals surface area contributed by atoms with Gasteiger partial charge in [0, 0.05) is 37.3 Å². The lowest BCUT2D eigenvalue weighted by atomic mass is 10.0. The van der Waals surface area contributed by atoms with Gasteiger partial charge >= 0.3 is 0 Å². The monoisotopic (exact) mass is 371 g/mol. The van der Waals surface area contributed by atoms with Crippen LogP contribution in [0.4, 0.5) is 0 Å². The van der Waals surface area contributed by atoms with Crippen molar-refractivity contribution in [2.75, 3.05) is 7.05 Å². The van der Waals surface area contributed by atoms with Crippen LogP contribution in [0.2, 0.25) is 0 Å². The maximum absolute atomic E-state index is 13.2. The summed E-state index contributed by atoms with van der Waals surface area (Å²) in [6.45, 7) is 6.43. The Bertz CT molecular complexity index is 1050. The highest BCUT2D eigenvalue weighted by molar-refractivity contribution is 7.89. The number of sulfonamides is 1. The summed E-state index contributed by atoms with van der Waals surface area (Å²) in [6.07, 6.45) is 0. The van der Waals surface area contributed by atoms with Gasteiger partial charge in [0.05, 0.1) is 10.6 Å². The summed E-state index contributed by atoms with van der Waals surface area (Å²) in [4.78, 5) is 0.339. The summed E-state index contributed by atoms with van der Waals surface area (Å²) in [5.41, 5.74) is 2.92. The Balaban J connectivity index is 2.04. The fourth-order valence-electron chi connectivity index (χ4n) is 3.53. The van der Waals surface area contributed by atoms with Crippen molar-refractivity contribution in [1.82, 2.24) is 14.1 Å². The minimum atomic E-state index is -3.62. The van der Waals surface area contributed by atoms with Crippen LogP contribution in [0.25, 0.3) is 10.8 Å². The van der Waals surface area contributed by atoms with Gasteiger partial charge in [-0.3, -0.25) is 4.68 Å². The number of nitrogens with zero attached hydrogens (tertiary/aromatic N) is 3. The topological polar surface area (TPSA) is 55.2 Å². The van der Waals surface area contributed by atoms with Crippen molar-refractivity contribution < 1.29 is 8.42 Å². The van der Waals surface area contributed by atoms with Crippen LogP contribution >= 0.6 is 0 Å². The van der Waals surface area contributed by atoms with Crippen LogP contribution in [-0.4, -0.2) is 29.6 Å². The van der Waals surface area contributed by atoms with E-state index in [4.69, 9.17) is 0 Å². The molecule has 0 fully saturated rings. The van der Waals surface area contributed by atoms with E-state index in [1.165, 1.54) is 4.31 Å². The summed E-state index contributed by atoms with van der Waals surface area (Å²) in [5, 5.41) is 6.15. The SMILES string of the molecule is Cc1nn(C)c(C(C)C)c1CN(C)S(=O)(=O)c1cccc2ccccc12. The van der Waals surface area contributed by atoms with Crippen LogP contribution in [0.1, 0.15) is 36.7 Å². The number of aryl methyl sites for hydroxylation is 2. The lowest BCUT2D eigenvalue weighted by Gasteiger charge is -2.20. The Kier molecular flexibility index (Phi) is 4.90. The second-order valence-corrected chi connectivity index (χ2v) is 8.98. The van der Waals surface area contributed by atoms with Gasteiger partial charge in [-0.05, 0) is 24.3 Å². The average molecular weight is 372 g/mol. The van der Waals surface area contributed by atoms with Crippen LogP contribution in [0, 0.1) is 6.92 Å². The van der Waals surface area contributed by atoms with Gasteiger partial charge in [-0.15, -0.1) is 0 Å². The smallest absolute Gasteiger partial charge is 0.243 e. The number of aromatic nitrogens is 2. The Hall–Kier alpha value is -2.18. The van der Waals surface area contributed by atoms with Gasteiger partial charge in [0.2, 0.25) is 10.0 Å². The highest BCUT2D eigenvalue weighted by atomic mass is 32.2. The standard InChI is InChI=1S/C20H25N3O2S/c1-14(2)20-18(15(3)21-23(20)5)13-22(4)26(24,25)19-12-8-10-16-9-6-7-11-17(16)19/h6-12,14H,13H2,1-5H3. The zero-order valence-corrected chi connectivity index (χ0v) is 16.7. The van der Waals surface area contributed by atoms with Crippen LogP contribution in [-0.2, 0) is 23.6 Å². The first-order valence-corrected chi connectivity index (χ1v) is 10.1. The molecule has 3 rings (SSSR count). The van der Waals surface area contributed by atoms with Gasteiger partial charge < -0.3 is 0 Å². The summed E-state index contributed by atoms with van der Waals surface area (Å²) in [6, 6.07) is 12.9. The Labute approximate surface area is 155 Å². The van der Waals surface area contributed by atoms with Crippen molar-refractivity contribution in [3.63, 3.8) is 0 Å². The fourth-order valence-corrected chi connectivity index (χ4v) is 4.88. The van der Waals surface area contributed by atoms with E-state index in [-0.39, 0.29) is 5.92 Å². The zero-order chi connectivity index (χ0) is 19.1. The maximum atomic E-state index is 13.2. The molecular weight excluding hydrogens is 346 g/mol. The molecular formula is C20H25N3O2S. The van der Waals surface area contributed by atoms with Gasteiger partial charge in [-0.2, -0.15) is 9.40 Å². The minimum Gasteiger partial charge on any atom is -0.272 e. The number of fused-ring (bicyclic) bond motifs is 1. The highest BCUT2D eigenvalue weighted by Gasteiger charge is 2.26. The number of benzene rings is 2. The molecule has 0 aliphatic carbocycles. The van der Waals surface area contributed by atoms with E-state index >= 15 is 0 Å². The van der Waals surface area contributed by atoms with E-state index in [9.17, 15) is 8.42 Å². The molecule has 0 bridgehead atoms. The molecule has 0 atom stereocenters. The third-order valence-corrected chi connectivity index (χ3v) is 6.62. The van der Waals surface area contributed by atoms with Gasteiger partial charge in [-0.25, -0.2) is 8.42 Å². The molecule has 0 N–H and O–H groups in total. The molecule has 2 aromatic carbocycles. The fraction of sp³-hybridized carbons (Fsp3) is 0.350. The van der Waals surface area contributed by atoms with E-state index in [1.54, 1.807) is 19.2 Å². The molecule has 138 valence electrons. The molecule has 0 unspecified atom stereocenters. The highest BCUT2D eigenvalue weighted by Crippen LogP contribution is 2.28. The largest absolute Gasteiger partial charge is 0.272 e. The van der Waals surface area contributed by atoms with Crippen molar-refractivity contribution in [3.05, 3.63) is 59.4 Å². The van der Waals surface area contributed by atoms with E-state index in [2.05, 4.69) is 18.9 Å². The predicted molar refractivity (Wildman–Crippen MR) is 105 cm³/mol. The molecule has 0 aliphatic heterocycles. The predicted octanol–water partition coefficient (Wildman–Crippen LogP) is 3.83. The van der Waals surface area contributed by atoms with Crippen molar-refractivity contribution in [1.29, 1.82) is 0 Å². The summed E-state index contributed by atoms with van der Waals surface area (Å²) < 4.78 is 29.8. The second-order valence-electron chi connectivity index (χ2n) is 6.97. The van der Waals surface area contributed by atoms with Crippen LogP contribution < -0.4 is 0 Å². The molecule has 0 saturated carbocycles. The molecule has 1 heterocycles. The van der Waals surface area contributed by atoms with Crippen LogP contribution in [0.15, 0.2) is 47.4 Å². The third-order valence-electron chi connectivity index (χ3n) is 4.76. The van der Waals surface area contributed by atoms with Gasteiger partial charge in [-0.1, -0.05) is 50.2 Å². The summed E-state index contributed by atoms with van der Waals surface area (Å²) in [5.74, 6) is 0.268. The molecule has 0 saturated heterocycles. The van der Waals surface area contributed by atoms with E-state index in [1.807, 2.05) is 49.0 Å². The second kappa shape index (κ2) is 6.85. The van der Waals surface area contributed by atoms with E-state index < -0.39 is 10.0 Å².